The molecule has 100 valence electrons. The maximum absolute atomic E-state index is 6.04. The van der Waals surface area contributed by atoms with Crippen LogP contribution in [-0.2, 0) is 6.54 Å². The maximum atomic E-state index is 6.04. The minimum atomic E-state index is 0.615. The minimum absolute atomic E-state index is 0.615. The Labute approximate surface area is 117 Å². The van der Waals surface area contributed by atoms with Crippen molar-refractivity contribution in [2.75, 3.05) is 24.6 Å². The second-order valence-electron chi connectivity index (χ2n) is 4.66. The molecule has 0 spiro atoms. The zero-order valence-electron chi connectivity index (χ0n) is 10.8. The molecule has 2 aromatic rings. The molecule has 0 aliphatic carbocycles. The first-order chi connectivity index (χ1) is 9.33. The predicted molar refractivity (Wildman–Crippen MR) is 82.5 cm³/mol. The monoisotopic (exact) mass is 274 g/mol. The highest BCUT2D eigenvalue weighted by Gasteiger charge is 2.11. The number of benzene rings is 1. The van der Waals surface area contributed by atoms with Gasteiger partial charge in [0.25, 0.3) is 0 Å². The molecule has 0 atom stereocenters. The van der Waals surface area contributed by atoms with Gasteiger partial charge in [0.1, 0.15) is 0 Å². The number of rotatable bonds is 2. The van der Waals surface area contributed by atoms with E-state index in [0.29, 0.717) is 12.5 Å². The van der Waals surface area contributed by atoms with Gasteiger partial charge in [0.15, 0.2) is 5.96 Å². The molecule has 19 heavy (non-hydrogen) atoms. The van der Waals surface area contributed by atoms with Crippen LogP contribution in [0, 0.1) is 0 Å². The van der Waals surface area contributed by atoms with Gasteiger partial charge in [0.05, 0.1) is 6.54 Å². The largest absolute Gasteiger partial charge is 0.370 e. The summed E-state index contributed by atoms with van der Waals surface area (Å²) in [5.74, 6) is 2.95. The van der Waals surface area contributed by atoms with Crippen LogP contribution >= 0.6 is 11.8 Å². The van der Waals surface area contributed by atoms with Gasteiger partial charge in [-0.1, -0.05) is 18.2 Å². The number of hydrogen-bond acceptors (Lipinski definition) is 2. The summed E-state index contributed by atoms with van der Waals surface area (Å²) in [4.78, 5) is 10.0. The van der Waals surface area contributed by atoms with Crippen LogP contribution in [0.15, 0.2) is 35.3 Å². The molecule has 0 radical (unpaired) electrons. The van der Waals surface area contributed by atoms with Gasteiger partial charge in [-0.2, -0.15) is 11.8 Å². The quantitative estimate of drug-likeness (QED) is 0.651. The fraction of sp³-hybridized carbons (Fsp3) is 0.357. The Bertz CT molecular complexity index is 551. The number of guanidine groups is 1. The maximum Gasteiger partial charge on any atom is 0.191 e. The highest BCUT2D eigenvalue weighted by Crippen LogP contribution is 2.15. The first kappa shape index (κ1) is 12.4. The minimum Gasteiger partial charge on any atom is -0.370 e. The van der Waals surface area contributed by atoms with Crippen LogP contribution in [0.4, 0.5) is 0 Å². The van der Waals surface area contributed by atoms with Crippen LogP contribution in [0.3, 0.4) is 0 Å². The third-order valence-corrected chi connectivity index (χ3v) is 4.27. The van der Waals surface area contributed by atoms with Crippen molar-refractivity contribution < 1.29 is 0 Å². The Kier molecular flexibility index (Phi) is 3.64. The summed E-state index contributed by atoms with van der Waals surface area (Å²) in [6.07, 6.45) is 0. The fourth-order valence-electron chi connectivity index (χ4n) is 2.28. The van der Waals surface area contributed by atoms with E-state index in [1.807, 2.05) is 23.9 Å². The molecule has 3 rings (SSSR count). The van der Waals surface area contributed by atoms with E-state index < -0.39 is 0 Å². The normalized spacial score (nSPS) is 17.1. The van der Waals surface area contributed by atoms with Gasteiger partial charge in [0, 0.05) is 35.8 Å². The van der Waals surface area contributed by atoms with E-state index in [2.05, 4.69) is 33.1 Å². The number of nitrogens with one attached hydrogen (secondary N) is 1. The summed E-state index contributed by atoms with van der Waals surface area (Å²) in [7, 11) is 0. The first-order valence-electron chi connectivity index (χ1n) is 6.52. The number of aromatic nitrogens is 1. The number of thioether (sulfide) groups is 1. The van der Waals surface area contributed by atoms with Crippen LogP contribution in [0.5, 0.6) is 0 Å². The van der Waals surface area contributed by atoms with E-state index >= 15 is 0 Å². The molecule has 2 heterocycles. The van der Waals surface area contributed by atoms with E-state index in [0.717, 1.165) is 35.8 Å². The number of aliphatic imine (C=N–C) groups is 1. The van der Waals surface area contributed by atoms with Crippen molar-refractivity contribution in [1.29, 1.82) is 0 Å². The van der Waals surface area contributed by atoms with Crippen molar-refractivity contribution >= 4 is 28.6 Å². The Hall–Kier alpha value is -1.62. The summed E-state index contributed by atoms with van der Waals surface area (Å²) < 4.78 is 0. The number of aromatic amines is 1. The molecule has 5 heteroatoms. The number of nitrogens with two attached hydrogens (primary N) is 1. The SMILES string of the molecule is NC(=NCc1cc2ccccc2[nH]1)N1CCSCC1. The lowest BCUT2D eigenvalue weighted by atomic mass is 10.2. The predicted octanol–water partition coefficient (Wildman–Crippen LogP) is 2.03. The van der Waals surface area contributed by atoms with Crippen molar-refractivity contribution in [3.05, 3.63) is 36.0 Å². The van der Waals surface area contributed by atoms with Crippen molar-refractivity contribution in [3.63, 3.8) is 0 Å². The second-order valence-corrected chi connectivity index (χ2v) is 5.88. The summed E-state index contributed by atoms with van der Waals surface area (Å²) >= 11 is 1.98. The van der Waals surface area contributed by atoms with E-state index in [9.17, 15) is 0 Å². The molecule has 4 nitrogen and oxygen atoms in total. The molecule has 1 aliphatic heterocycles. The van der Waals surface area contributed by atoms with Gasteiger partial charge in [0.2, 0.25) is 0 Å². The van der Waals surface area contributed by atoms with Crippen molar-refractivity contribution in [2.45, 2.75) is 6.54 Å². The Morgan fingerprint density at radius 2 is 2.11 bits per heavy atom. The van der Waals surface area contributed by atoms with Crippen LogP contribution in [0.1, 0.15) is 5.69 Å². The fourth-order valence-corrected chi connectivity index (χ4v) is 3.18. The number of para-hydroxylation sites is 1. The van der Waals surface area contributed by atoms with Crippen molar-refractivity contribution in [2.24, 2.45) is 10.7 Å². The molecule has 1 aromatic carbocycles. The molecule has 0 amide bonds. The van der Waals surface area contributed by atoms with Gasteiger partial charge in [-0.05, 0) is 17.5 Å². The summed E-state index contributed by atoms with van der Waals surface area (Å²) in [5, 5.41) is 1.22. The molecule has 1 saturated heterocycles. The third-order valence-electron chi connectivity index (χ3n) is 3.33. The number of hydrogen-bond donors (Lipinski definition) is 2. The number of H-pyrrole nitrogens is 1. The van der Waals surface area contributed by atoms with Crippen molar-refractivity contribution in [1.82, 2.24) is 9.88 Å². The molecule has 1 aliphatic rings. The summed E-state index contributed by atoms with van der Waals surface area (Å²) in [6, 6.07) is 10.4. The zero-order chi connectivity index (χ0) is 13.1. The first-order valence-corrected chi connectivity index (χ1v) is 7.67. The Morgan fingerprint density at radius 1 is 1.32 bits per heavy atom. The van der Waals surface area contributed by atoms with Gasteiger partial charge in [-0.15, -0.1) is 0 Å². The third kappa shape index (κ3) is 2.87. The topological polar surface area (TPSA) is 57.4 Å². The van der Waals surface area contributed by atoms with Crippen LogP contribution < -0.4 is 5.73 Å². The molecule has 1 fully saturated rings. The molecular formula is C14H18N4S. The average Bonchev–Trinajstić information content (AvgIpc) is 2.88. The van der Waals surface area contributed by atoms with E-state index in [1.54, 1.807) is 0 Å². The number of fused-ring (bicyclic) bond motifs is 1. The van der Waals surface area contributed by atoms with Gasteiger partial charge in [-0.3, -0.25) is 0 Å². The summed E-state index contributed by atoms with van der Waals surface area (Å²) in [5.41, 5.74) is 8.30. The van der Waals surface area contributed by atoms with Gasteiger partial charge in [-0.25, -0.2) is 4.99 Å². The lowest BCUT2D eigenvalue weighted by Gasteiger charge is -2.27. The van der Waals surface area contributed by atoms with E-state index in [-0.39, 0.29) is 0 Å². The Balaban J connectivity index is 1.70. The molecule has 0 bridgehead atoms. The van der Waals surface area contributed by atoms with Crippen LogP contribution in [0.2, 0.25) is 0 Å². The highest BCUT2D eigenvalue weighted by molar-refractivity contribution is 7.99. The van der Waals surface area contributed by atoms with Gasteiger partial charge < -0.3 is 15.6 Å². The number of nitrogens with zero attached hydrogens (tertiary/aromatic N) is 2. The van der Waals surface area contributed by atoms with Crippen LogP contribution in [-0.4, -0.2) is 40.4 Å². The molecular weight excluding hydrogens is 256 g/mol. The molecule has 0 unspecified atom stereocenters. The van der Waals surface area contributed by atoms with Crippen molar-refractivity contribution in [3.8, 4) is 0 Å². The molecule has 3 N–H and O–H groups in total. The van der Waals surface area contributed by atoms with E-state index in [4.69, 9.17) is 5.73 Å². The molecule has 1 aromatic heterocycles. The summed E-state index contributed by atoms with van der Waals surface area (Å²) in [6.45, 7) is 2.63. The van der Waals surface area contributed by atoms with E-state index in [1.165, 1.54) is 5.39 Å². The second kappa shape index (κ2) is 5.57. The standard InChI is InChI=1S/C14H18N4S/c15-14(18-5-7-19-8-6-18)16-10-12-9-11-3-1-2-4-13(11)17-12/h1-4,9,17H,5-8,10H2,(H2,15,16). The van der Waals surface area contributed by atoms with Gasteiger partial charge >= 0.3 is 0 Å². The highest BCUT2D eigenvalue weighted by atomic mass is 32.2. The molecule has 0 saturated carbocycles. The lowest BCUT2D eigenvalue weighted by Crippen LogP contribution is -2.42. The zero-order valence-corrected chi connectivity index (χ0v) is 11.6. The lowest BCUT2D eigenvalue weighted by molar-refractivity contribution is 0.455. The smallest absolute Gasteiger partial charge is 0.191 e. The van der Waals surface area contributed by atoms with Crippen LogP contribution in [0.25, 0.3) is 10.9 Å². The Morgan fingerprint density at radius 3 is 2.89 bits per heavy atom. The average molecular weight is 274 g/mol.